The molecule has 0 saturated carbocycles. The predicted octanol–water partition coefficient (Wildman–Crippen LogP) is 1.79. The van der Waals surface area contributed by atoms with Gasteiger partial charge in [-0.2, -0.15) is 0 Å². The Kier molecular flexibility index (Phi) is 3.18. The molecule has 17 heavy (non-hydrogen) atoms. The highest BCUT2D eigenvalue weighted by Crippen LogP contribution is 2.34. The van der Waals surface area contributed by atoms with E-state index in [2.05, 4.69) is 5.32 Å². The standard InChI is InChI=1S/C11H13F2NO2S/c1-2-14-10-3-4-17(15,16)11-8(10)5-7(12)6-9(11)13/h5-6,10,14H,2-4H2,1H3. The van der Waals surface area contributed by atoms with Crippen LogP contribution in [-0.4, -0.2) is 20.7 Å². The van der Waals surface area contributed by atoms with Crippen molar-refractivity contribution in [2.45, 2.75) is 24.3 Å². The van der Waals surface area contributed by atoms with E-state index in [0.717, 1.165) is 6.07 Å². The molecule has 0 bridgehead atoms. The molecule has 1 aromatic carbocycles. The topological polar surface area (TPSA) is 46.2 Å². The number of hydrogen-bond acceptors (Lipinski definition) is 3. The van der Waals surface area contributed by atoms with E-state index in [0.29, 0.717) is 19.0 Å². The first-order valence-electron chi connectivity index (χ1n) is 5.41. The second-order valence-corrected chi connectivity index (χ2v) is 6.07. The highest BCUT2D eigenvalue weighted by Gasteiger charge is 2.33. The van der Waals surface area contributed by atoms with Crippen molar-refractivity contribution in [3.63, 3.8) is 0 Å². The molecule has 0 radical (unpaired) electrons. The minimum Gasteiger partial charge on any atom is -0.310 e. The van der Waals surface area contributed by atoms with Crippen LogP contribution < -0.4 is 5.32 Å². The summed E-state index contributed by atoms with van der Waals surface area (Å²) in [6, 6.07) is 1.41. The molecular weight excluding hydrogens is 248 g/mol. The maximum absolute atomic E-state index is 13.6. The lowest BCUT2D eigenvalue weighted by Gasteiger charge is -2.26. The van der Waals surface area contributed by atoms with Gasteiger partial charge >= 0.3 is 0 Å². The van der Waals surface area contributed by atoms with Crippen molar-refractivity contribution in [3.05, 3.63) is 29.3 Å². The van der Waals surface area contributed by atoms with Gasteiger partial charge in [-0.15, -0.1) is 0 Å². The first-order chi connectivity index (χ1) is 7.95. The molecule has 0 aliphatic carbocycles. The summed E-state index contributed by atoms with van der Waals surface area (Å²) in [7, 11) is -3.62. The van der Waals surface area contributed by atoms with Gasteiger partial charge in [0.1, 0.15) is 16.5 Å². The molecule has 0 saturated heterocycles. The van der Waals surface area contributed by atoms with Crippen LogP contribution in [-0.2, 0) is 9.84 Å². The van der Waals surface area contributed by atoms with Gasteiger partial charge in [0.15, 0.2) is 9.84 Å². The van der Waals surface area contributed by atoms with Crippen molar-refractivity contribution in [2.24, 2.45) is 0 Å². The van der Waals surface area contributed by atoms with Gasteiger partial charge in [0.05, 0.1) is 5.75 Å². The lowest BCUT2D eigenvalue weighted by Crippen LogP contribution is -2.30. The second kappa shape index (κ2) is 4.34. The monoisotopic (exact) mass is 261 g/mol. The van der Waals surface area contributed by atoms with Crippen LogP contribution >= 0.6 is 0 Å². The zero-order chi connectivity index (χ0) is 12.6. The van der Waals surface area contributed by atoms with Crippen LogP contribution in [0, 0.1) is 11.6 Å². The third kappa shape index (κ3) is 2.19. The molecule has 0 spiro atoms. The fourth-order valence-corrected chi connectivity index (χ4v) is 3.82. The number of fused-ring (bicyclic) bond motifs is 1. The molecule has 1 aliphatic rings. The SMILES string of the molecule is CCNC1CCS(=O)(=O)c2c(F)cc(F)cc21. The number of halogens is 2. The smallest absolute Gasteiger partial charge is 0.181 e. The second-order valence-electron chi connectivity index (χ2n) is 4.02. The average Bonchev–Trinajstić information content (AvgIpc) is 2.21. The third-order valence-corrected chi connectivity index (χ3v) is 4.68. The van der Waals surface area contributed by atoms with E-state index >= 15 is 0 Å². The summed E-state index contributed by atoms with van der Waals surface area (Å²) in [5.41, 5.74) is 0.204. The van der Waals surface area contributed by atoms with Gasteiger partial charge < -0.3 is 5.32 Å². The summed E-state index contributed by atoms with van der Waals surface area (Å²) in [6.07, 6.45) is 0.339. The number of rotatable bonds is 2. The number of hydrogen-bond donors (Lipinski definition) is 1. The van der Waals surface area contributed by atoms with E-state index in [4.69, 9.17) is 0 Å². The number of benzene rings is 1. The van der Waals surface area contributed by atoms with E-state index < -0.39 is 21.5 Å². The third-order valence-electron chi connectivity index (χ3n) is 2.85. The molecule has 0 amide bonds. The van der Waals surface area contributed by atoms with Gasteiger partial charge in [0.25, 0.3) is 0 Å². The largest absolute Gasteiger partial charge is 0.310 e. The van der Waals surface area contributed by atoms with Crippen LogP contribution in [0.15, 0.2) is 17.0 Å². The van der Waals surface area contributed by atoms with E-state index in [9.17, 15) is 17.2 Å². The van der Waals surface area contributed by atoms with Crippen molar-refractivity contribution >= 4 is 9.84 Å². The van der Waals surface area contributed by atoms with Crippen LogP contribution in [0.4, 0.5) is 8.78 Å². The molecule has 1 N–H and O–H groups in total. The van der Waals surface area contributed by atoms with Crippen molar-refractivity contribution in [2.75, 3.05) is 12.3 Å². The minimum absolute atomic E-state index is 0.111. The van der Waals surface area contributed by atoms with E-state index in [1.165, 1.54) is 0 Å². The summed E-state index contributed by atoms with van der Waals surface area (Å²) >= 11 is 0. The van der Waals surface area contributed by atoms with Crippen LogP contribution in [0.1, 0.15) is 24.9 Å². The van der Waals surface area contributed by atoms with Gasteiger partial charge in [-0.25, -0.2) is 17.2 Å². The number of nitrogens with one attached hydrogen (secondary N) is 1. The van der Waals surface area contributed by atoms with Gasteiger partial charge in [-0.05, 0) is 24.6 Å². The van der Waals surface area contributed by atoms with Gasteiger partial charge in [0, 0.05) is 12.1 Å². The summed E-state index contributed by atoms with van der Waals surface area (Å²) in [5.74, 6) is -1.86. The molecule has 1 aliphatic heterocycles. The van der Waals surface area contributed by atoms with E-state index in [-0.39, 0.29) is 22.3 Å². The minimum atomic E-state index is -3.62. The lowest BCUT2D eigenvalue weighted by molar-refractivity contribution is 0.477. The summed E-state index contributed by atoms with van der Waals surface area (Å²) in [5, 5.41) is 3.04. The Morgan fingerprint density at radius 1 is 1.41 bits per heavy atom. The first-order valence-corrected chi connectivity index (χ1v) is 7.06. The maximum atomic E-state index is 13.6. The van der Waals surface area contributed by atoms with Crippen LogP contribution in [0.25, 0.3) is 0 Å². The molecule has 1 unspecified atom stereocenters. The zero-order valence-corrected chi connectivity index (χ0v) is 10.2. The van der Waals surface area contributed by atoms with Crippen LogP contribution in [0.5, 0.6) is 0 Å². The normalized spacial score (nSPS) is 22.2. The van der Waals surface area contributed by atoms with Crippen molar-refractivity contribution in [1.29, 1.82) is 0 Å². The van der Waals surface area contributed by atoms with Crippen molar-refractivity contribution in [3.8, 4) is 0 Å². The fraction of sp³-hybridized carbons (Fsp3) is 0.455. The molecule has 1 aromatic rings. The molecule has 94 valence electrons. The Labute approximate surface area is 98.8 Å². The fourth-order valence-electron chi connectivity index (χ4n) is 2.16. The molecule has 0 fully saturated rings. The molecule has 0 aromatic heterocycles. The first kappa shape index (κ1) is 12.4. The maximum Gasteiger partial charge on any atom is 0.181 e. The Morgan fingerprint density at radius 3 is 2.76 bits per heavy atom. The molecule has 6 heteroatoms. The average molecular weight is 261 g/mol. The summed E-state index contributed by atoms with van der Waals surface area (Å²) in [4.78, 5) is -0.351. The van der Waals surface area contributed by atoms with Gasteiger partial charge in [-0.1, -0.05) is 6.92 Å². The Bertz CT molecular complexity index is 543. The predicted molar refractivity (Wildman–Crippen MR) is 59.4 cm³/mol. The van der Waals surface area contributed by atoms with Crippen molar-refractivity contribution < 1.29 is 17.2 Å². The van der Waals surface area contributed by atoms with Gasteiger partial charge in [-0.3, -0.25) is 0 Å². The molecule has 1 atom stereocenters. The number of sulfone groups is 1. The molecule has 3 nitrogen and oxygen atoms in total. The summed E-state index contributed by atoms with van der Waals surface area (Å²) in [6.45, 7) is 2.47. The van der Waals surface area contributed by atoms with E-state index in [1.54, 1.807) is 0 Å². The highest BCUT2D eigenvalue weighted by molar-refractivity contribution is 7.91. The molecule has 1 heterocycles. The van der Waals surface area contributed by atoms with Gasteiger partial charge in [0.2, 0.25) is 0 Å². The van der Waals surface area contributed by atoms with Crippen molar-refractivity contribution in [1.82, 2.24) is 5.32 Å². The summed E-state index contributed by atoms with van der Waals surface area (Å²) < 4.78 is 50.3. The molecule has 2 rings (SSSR count). The van der Waals surface area contributed by atoms with E-state index in [1.807, 2.05) is 6.92 Å². The quantitative estimate of drug-likeness (QED) is 0.826. The Hall–Kier alpha value is -1.01. The Balaban J connectivity index is 2.64. The zero-order valence-electron chi connectivity index (χ0n) is 9.33. The highest BCUT2D eigenvalue weighted by atomic mass is 32.2. The Morgan fingerprint density at radius 2 is 2.12 bits per heavy atom. The van der Waals surface area contributed by atoms with Crippen LogP contribution in [0.2, 0.25) is 0 Å². The molecular formula is C11H13F2NO2S. The lowest BCUT2D eigenvalue weighted by atomic mass is 10.0. The van der Waals surface area contributed by atoms with Crippen LogP contribution in [0.3, 0.4) is 0 Å².